The maximum absolute atomic E-state index is 6.12. The van der Waals surface area contributed by atoms with Crippen LogP contribution < -0.4 is 0 Å². The van der Waals surface area contributed by atoms with Gasteiger partial charge in [-0.1, -0.05) is 79.7 Å². The first-order chi connectivity index (χ1) is 14.3. The second-order valence-electron chi connectivity index (χ2n) is 6.70. The van der Waals surface area contributed by atoms with Gasteiger partial charge in [0.05, 0.1) is 0 Å². The molecule has 0 unspecified atom stereocenters. The van der Waals surface area contributed by atoms with Gasteiger partial charge in [-0.15, -0.1) is 0 Å². The number of hydrogen-bond acceptors (Lipinski definition) is 5. The van der Waals surface area contributed by atoms with E-state index in [1.54, 1.807) is 6.21 Å². The van der Waals surface area contributed by atoms with Gasteiger partial charge in [0.1, 0.15) is 12.3 Å². The lowest BCUT2D eigenvalue weighted by atomic mass is 10.1. The molecule has 5 nitrogen and oxygen atoms in total. The molecule has 0 radical (unpaired) electrons. The molecule has 1 aromatic heterocycles. The van der Waals surface area contributed by atoms with Gasteiger partial charge in [-0.2, -0.15) is 0 Å². The molecule has 2 aromatic carbocycles. The zero-order chi connectivity index (χ0) is 20.3. The Morgan fingerprint density at radius 1 is 0.966 bits per heavy atom. The summed E-state index contributed by atoms with van der Waals surface area (Å²) >= 11 is 0. The van der Waals surface area contributed by atoms with Crippen LogP contribution in [0.15, 0.2) is 70.2 Å². The lowest BCUT2D eigenvalue weighted by molar-refractivity contribution is 0.115. The van der Waals surface area contributed by atoms with Gasteiger partial charge in [0, 0.05) is 30.3 Å². The fraction of sp³-hybridized carbons (Fsp3) is 0.333. The molecule has 29 heavy (non-hydrogen) atoms. The molecule has 5 heteroatoms. The van der Waals surface area contributed by atoms with E-state index >= 15 is 0 Å². The topological polar surface area (TPSA) is 50.9 Å². The van der Waals surface area contributed by atoms with Gasteiger partial charge >= 0.3 is 0 Å². The van der Waals surface area contributed by atoms with Crippen LogP contribution in [-0.2, 0) is 11.3 Å². The highest BCUT2D eigenvalue weighted by molar-refractivity contribution is 5.76. The fourth-order valence-electron chi connectivity index (χ4n) is 3.10. The maximum atomic E-state index is 6.12. The molecule has 0 aliphatic rings. The molecule has 0 saturated carbocycles. The van der Waals surface area contributed by atoms with Crippen LogP contribution in [0, 0.1) is 0 Å². The molecule has 0 aliphatic heterocycles. The van der Waals surface area contributed by atoms with Gasteiger partial charge in [0.25, 0.3) is 0 Å². The van der Waals surface area contributed by atoms with Crippen molar-refractivity contribution in [1.82, 2.24) is 9.88 Å². The summed E-state index contributed by atoms with van der Waals surface area (Å²) in [4.78, 5) is 12.4. The highest BCUT2D eigenvalue weighted by Crippen LogP contribution is 2.32. The van der Waals surface area contributed by atoms with Crippen molar-refractivity contribution < 1.29 is 9.25 Å². The highest BCUT2D eigenvalue weighted by atomic mass is 16.6. The smallest absolute Gasteiger partial charge is 0.195 e. The van der Waals surface area contributed by atoms with E-state index in [9.17, 15) is 0 Å². The van der Waals surface area contributed by atoms with Gasteiger partial charge < -0.3 is 14.2 Å². The summed E-state index contributed by atoms with van der Waals surface area (Å²) in [5.74, 6) is 1.51. The van der Waals surface area contributed by atoms with Gasteiger partial charge in [-0.3, -0.25) is 0 Å². The Kier molecular flexibility index (Phi) is 8.01. The number of nitrogens with zero attached hydrogens (tertiary/aromatic N) is 3. The van der Waals surface area contributed by atoms with Gasteiger partial charge in [-0.25, -0.2) is 4.98 Å². The lowest BCUT2D eigenvalue weighted by Gasteiger charge is -2.16. The number of aromatic nitrogens is 1. The minimum absolute atomic E-state index is 0.605. The molecular weight excluding hydrogens is 362 g/mol. The summed E-state index contributed by atoms with van der Waals surface area (Å²) in [5.41, 5.74) is 2.95. The Labute approximate surface area is 173 Å². The molecule has 3 aromatic rings. The number of oxime groups is 1. The van der Waals surface area contributed by atoms with Crippen LogP contribution in [0.3, 0.4) is 0 Å². The molecule has 1 heterocycles. The summed E-state index contributed by atoms with van der Waals surface area (Å²) in [6, 6.07) is 20.2. The SMILES string of the molecule is CCN(CC)CCON=CCCc1nc(-c2ccccc2)c(-c2ccccc2)o1. The average Bonchev–Trinajstić information content (AvgIpc) is 3.21. The van der Waals surface area contributed by atoms with E-state index in [1.807, 2.05) is 48.5 Å². The van der Waals surface area contributed by atoms with Crippen LogP contribution in [0.1, 0.15) is 26.2 Å². The fourth-order valence-corrected chi connectivity index (χ4v) is 3.10. The highest BCUT2D eigenvalue weighted by Gasteiger charge is 2.16. The minimum atomic E-state index is 0.605. The summed E-state index contributed by atoms with van der Waals surface area (Å²) < 4.78 is 6.12. The maximum Gasteiger partial charge on any atom is 0.195 e. The molecule has 0 amide bonds. The molecule has 152 valence electrons. The van der Waals surface area contributed by atoms with Crippen molar-refractivity contribution in [3.8, 4) is 22.6 Å². The van der Waals surface area contributed by atoms with Crippen molar-refractivity contribution in [2.45, 2.75) is 26.7 Å². The molecule has 0 atom stereocenters. The Balaban J connectivity index is 1.62. The first-order valence-corrected chi connectivity index (χ1v) is 10.3. The normalized spacial score (nSPS) is 11.4. The molecule has 0 saturated heterocycles. The van der Waals surface area contributed by atoms with E-state index in [-0.39, 0.29) is 0 Å². The first kappa shape index (κ1) is 20.8. The molecule has 0 fully saturated rings. The molecule has 0 bridgehead atoms. The van der Waals surface area contributed by atoms with Gasteiger partial charge in [0.2, 0.25) is 0 Å². The number of rotatable bonds is 11. The number of benzene rings is 2. The predicted octanol–water partition coefficient (Wildman–Crippen LogP) is 5.29. The van der Waals surface area contributed by atoms with Crippen molar-refractivity contribution in [3.05, 3.63) is 66.6 Å². The third kappa shape index (κ3) is 6.03. The standard InChI is InChI=1S/C24H29N3O2/c1-3-27(4-2)18-19-28-25-17-11-16-22-26-23(20-12-7-5-8-13-20)24(29-22)21-14-9-6-10-15-21/h5-10,12-15,17H,3-4,11,16,18-19H2,1-2H3. The lowest BCUT2D eigenvalue weighted by Crippen LogP contribution is -2.26. The number of hydrogen-bond donors (Lipinski definition) is 0. The van der Waals surface area contributed by atoms with E-state index in [0.717, 1.165) is 42.2 Å². The van der Waals surface area contributed by atoms with Crippen molar-refractivity contribution in [3.63, 3.8) is 0 Å². The zero-order valence-corrected chi connectivity index (χ0v) is 17.3. The molecule has 0 N–H and O–H groups in total. The van der Waals surface area contributed by atoms with E-state index in [1.165, 1.54) is 0 Å². The molecule has 0 spiro atoms. The Hall–Kier alpha value is -2.92. The quantitative estimate of drug-likeness (QED) is 0.253. The second-order valence-corrected chi connectivity index (χ2v) is 6.70. The molecular formula is C24H29N3O2. The summed E-state index contributed by atoms with van der Waals surface area (Å²) in [6.07, 6.45) is 3.18. The summed E-state index contributed by atoms with van der Waals surface area (Å²) in [6.45, 7) is 7.86. The average molecular weight is 392 g/mol. The van der Waals surface area contributed by atoms with E-state index in [4.69, 9.17) is 14.2 Å². The number of oxazole rings is 1. The number of likely N-dealkylation sites (N-methyl/N-ethyl adjacent to an activating group) is 1. The summed E-state index contributed by atoms with van der Waals surface area (Å²) in [5, 5.41) is 4.05. The largest absolute Gasteiger partial charge is 0.440 e. The Bertz CT molecular complexity index is 815. The van der Waals surface area contributed by atoms with Gasteiger partial charge in [0.15, 0.2) is 11.7 Å². The van der Waals surface area contributed by atoms with Crippen LogP contribution in [0.4, 0.5) is 0 Å². The van der Waals surface area contributed by atoms with Crippen LogP contribution in [-0.4, -0.2) is 42.3 Å². The predicted molar refractivity (Wildman–Crippen MR) is 118 cm³/mol. The third-order valence-electron chi connectivity index (χ3n) is 4.78. The van der Waals surface area contributed by atoms with Crippen molar-refractivity contribution >= 4 is 6.21 Å². The first-order valence-electron chi connectivity index (χ1n) is 10.3. The van der Waals surface area contributed by atoms with E-state index in [0.29, 0.717) is 25.3 Å². The van der Waals surface area contributed by atoms with Crippen LogP contribution >= 0.6 is 0 Å². The minimum Gasteiger partial charge on any atom is -0.440 e. The summed E-state index contributed by atoms with van der Waals surface area (Å²) in [7, 11) is 0. The van der Waals surface area contributed by atoms with Gasteiger partial charge in [-0.05, 0) is 19.5 Å². The Morgan fingerprint density at radius 2 is 1.62 bits per heavy atom. The van der Waals surface area contributed by atoms with E-state index < -0.39 is 0 Å². The van der Waals surface area contributed by atoms with Crippen molar-refractivity contribution in [1.29, 1.82) is 0 Å². The Morgan fingerprint density at radius 3 is 2.28 bits per heavy atom. The third-order valence-corrected chi connectivity index (χ3v) is 4.78. The number of aryl methyl sites for hydroxylation is 1. The van der Waals surface area contributed by atoms with E-state index in [2.05, 4.69) is 36.0 Å². The van der Waals surface area contributed by atoms with Crippen molar-refractivity contribution in [2.75, 3.05) is 26.2 Å². The zero-order valence-electron chi connectivity index (χ0n) is 17.3. The van der Waals surface area contributed by atoms with Crippen molar-refractivity contribution in [2.24, 2.45) is 5.16 Å². The van der Waals surface area contributed by atoms with Crippen LogP contribution in [0.25, 0.3) is 22.6 Å². The molecule has 3 rings (SSSR count). The van der Waals surface area contributed by atoms with Crippen LogP contribution in [0.5, 0.6) is 0 Å². The monoisotopic (exact) mass is 391 g/mol. The second kappa shape index (κ2) is 11.2. The molecule has 0 aliphatic carbocycles. The van der Waals surface area contributed by atoms with Crippen LogP contribution in [0.2, 0.25) is 0 Å².